The van der Waals surface area contributed by atoms with Crippen LogP contribution >= 0.6 is 12.6 Å². The lowest BCUT2D eigenvalue weighted by Gasteiger charge is -2.16. The van der Waals surface area contributed by atoms with Crippen molar-refractivity contribution < 1.29 is 0 Å². The van der Waals surface area contributed by atoms with Gasteiger partial charge in [-0.25, -0.2) is 0 Å². The summed E-state index contributed by atoms with van der Waals surface area (Å²) in [6.07, 6.45) is 0. The second kappa shape index (κ2) is 4.74. The summed E-state index contributed by atoms with van der Waals surface area (Å²) in [5.41, 5.74) is 6.71. The van der Waals surface area contributed by atoms with Crippen molar-refractivity contribution in [2.24, 2.45) is 0 Å². The number of aryl methyl sites for hydroxylation is 2. The molecular formula is C12H19NS. The van der Waals surface area contributed by atoms with Crippen molar-refractivity contribution in [2.45, 2.75) is 27.7 Å². The van der Waals surface area contributed by atoms with Gasteiger partial charge in [0.2, 0.25) is 0 Å². The molecule has 0 aliphatic carbocycles. The minimum atomic E-state index is 0.867. The Bertz CT molecular complexity index is 305. The molecule has 0 spiro atoms. The van der Waals surface area contributed by atoms with E-state index in [0.29, 0.717) is 0 Å². The molecule has 0 atom stereocenters. The molecule has 14 heavy (non-hydrogen) atoms. The lowest BCUT2D eigenvalue weighted by atomic mass is 9.99. The monoisotopic (exact) mass is 209 g/mol. The fraction of sp³-hybridized carbons (Fsp3) is 0.500. The molecule has 0 aromatic heterocycles. The molecule has 1 nitrogen and oxygen atoms in total. The van der Waals surface area contributed by atoms with E-state index in [9.17, 15) is 0 Å². The van der Waals surface area contributed by atoms with Gasteiger partial charge in [0.25, 0.3) is 0 Å². The fourth-order valence-corrected chi connectivity index (χ4v) is 1.77. The molecule has 1 aromatic carbocycles. The topological polar surface area (TPSA) is 12.0 Å². The van der Waals surface area contributed by atoms with Crippen LogP contribution in [0.1, 0.15) is 22.3 Å². The van der Waals surface area contributed by atoms with Crippen LogP contribution < -0.4 is 5.32 Å². The van der Waals surface area contributed by atoms with Crippen LogP contribution in [0, 0.1) is 27.7 Å². The van der Waals surface area contributed by atoms with Crippen LogP contribution in [0.3, 0.4) is 0 Å². The van der Waals surface area contributed by atoms with Gasteiger partial charge in [-0.15, -0.1) is 0 Å². The van der Waals surface area contributed by atoms with Crippen LogP contribution in [0.25, 0.3) is 0 Å². The number of thiol groups is 1. The largest absolute Gasteiger partial charge is 0.384 e. The number of anilines is 1. The maximum atomic E-state index is 4.21. The van der Waals surface area contributed by atoms with Gasteiger partial charge in [-0.05, 0) is 49.9 Å². The van der Waals surface area contributed by atoms with Gasteiger partial charge in [-0.3, -0.25) is 0 Å². The predicted molar refractivity (Wildman–Crippen MR) is 67.7 cm³/mol. The normalized spacial score (nSPS) is 10.4. The summed E-state index contributed by atoms with van der Waals surface area (Å²) >= 11 is 4.21. The van der Waals surface area contributed by atoms with E-state index >= 15 is 0 Å². The summed E-state index contributed by atoms with van der Waals surface area (Å²) in [6.45, 7) is 9.58. The molecule has 0 aliphatic rings. The zero-order chi connectivity index (χ0) is 10.7. The molecule has 0 saturated carbocycles. The van der Waals surface area contributed by atoms with Crippen LogP contribution in [-0.4, -0.2) is 12.3 Å². The lowest BCUT2D eigenvalue weighted by Crippen LogP contribution is -2.07. The van der Waals surface area contributed by atoms with E-state index in [1.807, 2.05) is 0 Å². The second-order valence-corrected chi connectivity index (χ2v) is 4.23. The van der Waals surface area contributed by atoms with Gasteiger partial charge in [0.15, 0.2) is 0 Å². The standard InChI is InChI=1S/C12H19NS/c1-8-7-9(2)11(4)12(10(8)3)13-5-6-14/h7,13-14H,5-6H2,1-4H3. The summed E-state index contributed by atoms with van der Waals surface area (Å²) in [7, 11) is 0. The number of benzene rings is 1. The molecule has 0 saturated heterocycles. The minimum Gasteiger partial charge on any atom is -0.384 e. The highest BCUT2D eigenvalue weighted by Gasteiger charge is 2.06. The van der Waals surface area contributed by atoms with Crippen molar-refractivity contribution in [3.8, 4) is 0 Å². The Labute approximate surface area is 92.3 Å². The smallest absolute Gasteiger partial charge is 0.0405 e. The highest BCUT2D eigenvalue weighted by atomic mass is 32.1. The van der Waals surface area contributed by atoms with Crippen LogP contribution in [0.2, 0.25) is 0 Å². The van der Waals surface area contributed by atoms with Gasteiger partial charge < -0.3 is 5.32 Å². The van der Waals surface area contributed by atoms with Crippen LogP contribution in [0.4, 0.5) is 5.69 Å². The first-order chi connectivity index (χ1) is 6.57. The Morgan fingerprint density at radius 1 is 1.07 bits per heavy atom. The highest BCUT2D eigenvalue weighted by molar-refractivity contribution is 7.80. The summed E-state index contributed by atoms with van der Waals surface area (Å²) in [4.78, 5) is 0. The maximum Gasteiger partial charge on any atom is 0.0405 e. The Morgan fingerprint density at radius 3 is 2.00 bits per heavy atom. The lowest BCUT2D eigenvalue weighted by molar-refractivity contribution is 1.16. The molecule has 1 aromatic rings. The van der Waals surface area contributed by atoms with Crippen molar-refractivity contribution in [1.82, 2.24) is 0 Å². The van der Waals surface area contributed by atoms with Gasteiger partial charge in [0.05, 0.1) is 0 Å². The van der Waals surface area contributed by atoms with Gasteiger partial charge >= 0.3 is 0 Å². The Balaban J connectivity index is 3.11. The summed E-state index contributed by atoms with van der Waals surface area (Å²) < 4.78 is 0. The van der Waals surface area contributed by atoms with E-state index in [1.165, 1.54) is 27.9 Å². The van der Waals surface area contributed by atoms with Crippen molar-refractivity contribution in [1.29, 1.82) is 0 Å². The third-order valence-electron chi connectivity index (χ3n) is 2.78. The molecule has 2 heteroatoms. The van der Waals surface area contributed by atoms with E-state index < -0.39 is 0 Å². The quantitative estimate of drug-likeness (QED) is 0.728. The average molecular weight is 209 g/mol. The highest BCUT2D eigenvalue weighted by Crippen LogP contribution is 2.26. The van der Waals surface area contributed by atoms with Crippen molar-refractivity contribution in [2.75, 3.05) is 17.6 Å². The summed E-state index contributed by atoms with van der Waals surface area (Å²) in [6, 6.07) is 2.25. The van der Waals surface area contributed by atoms with Gasteiger partial charge in [-0.1, -0.05) is 6.07 Å². The molecule has 0 bridgehead atoms. The first kappa shape index (κ1) is 11.4. The molecule has 0 aliphatic heterocycles. The number of hydrogen-bond donors (Lipinski definition) is 2. The van der Waals surface area contributed by atoms with E-state index in [-0.39, 0.29) is 0 Å². The fourth-order valence-electron chi connectivity index (χ4n) is 1.66. The third-order valence-corrected chi connectivity index (χ3v) is 3.00. The predicted octanol–water partition coefficient (Wildman–Crippen LogP) is 3.26. The van der Waals surface area contributed by atoms with E-state index in [2.05, 4.69) is 51.7 Å². The molecule has 0 fully saturated rings. The molecule has 1 N–H and O–H groups in total. The van der Waals surface area contributed by atoms with Crippen LogP contribution in [0.5, 0.6) is 0 Å². The molecule has 78 valence electrons. The number of hydrogen-bond acceptors (Lipinski definition) is 2. The zero-order valence-corrected chi connectivity index (χ0v) is 10.3. The first-order valence-electron chi connectivity index (χ1n) is 5.00. The Hall–Kier alpha value is -0.630. The molecule has 0 heterocycles. The molecule has 1 rings (SSSR count). The minimum absolute atomic E-state index is 0.867. The summed E-state index contributed by atoms with van der Waals surface area (Å²) in [5, 5.41) is 3.44. The second-order valence-electron chi connectivity index (χ2n) is 3.79. The first-order valence-corrected chi connectivity index (χ1v) is 5.63. The maximum absolute atomic E-state index is 4.21. The summed E-state index contributed by atoms with van der Waals surface area (Å²) in [5.74, 6) is 0.867. The molecular weight excluding hydrogens is 190 g/mol. The Morgan fingerprint density at radius 2 is 1.57 bits per heavy atom. The van der Waals surface area contributed by atoms with Gasteiger partial charge in [0.1, 0.15) is 0 Å². The molecule has 0 radical (unpaired) electrons. The van der Waals surface area contributed by atoms with Gasteiger partial charge in [-0.2, -0.15) is 12.6 Å². The number of nitrogens with one attached hydrogen (secondary N) is 1. The zero-order valence-electron chi connectivity index (χ0n) is 9.44. The molecule has 0 unspecified atom stereocenters. The molecule has 0 amide bonds. The SMILES string of the molecule is Cc1cc(C)c(C)c(NCCS)c1C. The van der Waals surface area contributed by atoms with Crippen molar-refractivity contribution in [3.63, 3.8) is 0 Å². The third kappa shape index (κ3) is 2.24. The number of rotatable bonds is 3. The van der Waals surface area contributed by atoms with E-state index in [4.69, 9.17) is 0 Å². The van der Waals surface area contributed by atoms with Crippen LogP contribution in [0.15, 0.2) is 6.07 Å². The average Bonchev–Trinajstić information content (AvgIpc) is 2.15. The van der Waals surface area contributed by atoms with Crippen LogP contribution in [-0.2, 0) is 0 Å². The Kier molecular flexibility index (Phi) is 3.87. The van der Waals surface area contributed by atoms with E-state index in [0.717, 1.165) is 12.3 Å². The van der Waals surface area contributed by atoms with E-state index in [1.54, 1.807) is 0 Å². The van der Waals surface area contributed by atoms with Gasteiger partial charge in [0, 0.05) is 18.0 Å². The van der Waals surface area contributed by atoms with Crippen molar-refractivity contribution >= 4 is 18.3 Å². The van der Waals surface area contributed by atoms with Crippen molar-refractivity contribution in [3.05, 3.63) is 28.3 Å².